The third-order valence-corrected chi connectivity index (χ3v) is 2.48. The van der Waals surface area contributed by atoms with Crippen molar-refractivity contribution in [1.82, 2.24) is 15.3 Å². The molecule has 2 aromatic rings. The van der Waals surface area contributed by atoms with Crippen molar-refractivity contribution in [3.8, 4) is 5.75 Å². The summed E-state index contributed by atoms with van der Waals surface area (Å²) in [6, 6.07) is 4.03. The lowest BCUT2D eigenvalue weighted by molar-refractivity contribution is 0.0696. The maximum Gasteiger partial charge on any atom is 0.335 e. The van der Waals surface area contributed by atoms with Crippen LogP contribution in [0.15, 0.2) is 36.8 Å². The van der Waals surface area contributed by atoms with Gasteiger partial charge in [-0.05, 0) is 18.2 Å². The van der Waals surface area contributed by atoms with Crippen molar-refractivity contribution in [3.05, 3.63) is 53.6 Å². The van der Waals surface area contributed by atoms with Gasteiger partial charge in [0.2, 0.25) is 0 Å². The lowest BCUT2D eigenvalue weighted by Crippen LogP contribution is -2.23. The number of nitrogens with zero attached hydrogens (tertiary/aromatic N) is 2. The molecule has 102 valence electrons. The summed E-state index contributed by atoms with van der Waals surface area (Å²) in [6.45, 7) is 0.0790. The number of rotatable bonds is 4. The second-order valence-corrected chi connectivity index (χ2v) is 3.96. The Morgan fingerprint density at radius 3 is 2.70 bits per heavy atom. The first-order chi connectivity index (χ1) is 9.56. The number of aromatic nitrogens is 2. The molecule has 20 heavy (non-hydrogen) atoms. The van der Waals surface area contributed by atoms with Gasteiger partial charge in [-0.2, -0.15) is 0 Å². The van der Waals surface area contributed by atoms with Crippen molar-refractivity contribution < 1.29 is 19.8 Å². The number of aromatic hydroxyl groups is 1. The number of aromatic carboxylic acids is 1. The van der Waals surface area contributed by atoms with E-state index in [1.54, 1.807) is 0 Å². The van der Waals surface area contributed by atoms with Crippen LogP contribution in [-0.2, 0) is 6.54 Å². The van der Waals surface area contributed by atoms with Gasteiger partial charge in [0.25, 0.3) is 5.91 Å². The SMILES string of the molecule is O=C(O)c1ccnc(CNC(=O)c2cncc(O)c2)c1. The predicted octanol–water partition coefficient (Wildman–Crippen LogP) is 0.810. The van der Waals surface area contributed by atoms with Crippen LogP contribution >= 0.6 is 0 Å². The molecule has 1 amide bonds. The molecule has 0 aliphatic carbocycles. The fourth-order valence-electron chi connectivity index (χ4n) is 1.53. The molecule has 2 rings (SSSR count). The number of carbonyl (C=O) groups excluding carboxylic acids is 1. The molecule has 0 fully saturated rings. The van der Waals surface area contributed by atoms with Gasteiger partial charge in [-0.15, -0.1) is 0 Å². The Labute approximate surface area is 113 Å². The normalized spacial score (nSPS) is 10.0. The number of amides is 1. The second kappa shape index (κ2) is 5.79. The number of nitrogens with one attached hydrogen (secondary N) is 1. The number of carboxylic acids is 1. The number of pyridine rings is 2. The van der Waals surface area contributed by atoms with E-state index in [9.17, 15) is 14.7 Å². The highest BCUT2D eigenvalue weighted by atomic mass is 16.4. The van der Waals surface area contributed by atoms with Crippen LogP contribution in [0.3, 0.4) is 0 Å². The van der Waals surface area contributed by atoms with Crippen LogP contribution in [-0.4, -0.2) is 32.1 Å². The number of carbonyl (C=O) groups is 2. The van der Waals surface area contributed by atoms with E-state index in [1.807, 2.05) is 0 Å². The Hall–Kier alpha value is -2.96. The zero-order chi connectivity index (χ0) is 14.5. The zero-order valence-corrected chi connectivity index (χ0v) is 10.3. The summed E-state index contributed by atoms with van der Waals surface area (Å²) in [6.07, 6.45) is 3.89. The Balaban J connectivity index is 2.03. The van der Waals surface area contributed by atoms with Crippen molar-refractivity contribution in [3.63, 3.8) is 0 Å². The van der Waals surface area contributed by atoms with E-state index in [-0.39, 0.29) is 23.4 Å². The fraction of sp³-hybridized carbons (Fsp3) is 0.0769. The lowest BCUT2D eigenvalue weighted by Gasteiger charge is -2.05. The molecular formula is C13H11N3O4. The summed E-state index contributed by atoms with van der Waals surface area (Å²) >= 11 is 0. The molecule has 7 nitrogen and oxygen atoms in total. The molecular weight excluding hydrogens is 262 g/mol. The first-order valence-corrected chi connectivity index (χ1v) is 5.66. The Morgan fingerprint density at radius 1 is 1.20 bits per heavy atom. The molecule has 0 spiro atoms. The Kier molecular flexibility index (Phi) is 3.90. The monoisotopic (exact) mass is 273 g/mol. The number of hydrogen-bond acceptors (Lipinski definition) is 5. The molecule has 2 heterocycles. The van der Waals surface area contributed by atoms with Crippen molar-refractivity contribution >= 4 is 11.9 Å². The molecule has 7 heteroatoms. The van der Waals surface area contributed by atoms with Gasteiger partial charge in [-0.25, -0.2) is 4.79 Å². The summed E-state index contributed by atoms with van der Waals surface area (Å²) in [5.74, 6) is -1.60. The lowest BCUT2D eigenvalue weighted by atomic mass is 10.2. The maximum atomic E-state index is 11.8. The van der Waals surface area contributed by atoms with E-state index in [2.05, 4.69) is 15.3 Å². The standard InChI is InChI=1S/C13H11N3O4/c17-11-4-9(5-14-7-11)12(18)16-6-10-3-8(13(19)20)1-2-15-10/h1-5,7,17H,6H2,(H,16,18)(H,19,20). The van der Waals surface area contributed by atoms with Crippen LogP contribution in [0.5, 0.6) is 5.75 Å². The van der Waals surface area contributed by atoms with Crippen molar-refractivity contribution in [2.75, 3.05) is 0 Å². The molecule has 0 radical (unpaired) electrons. The molecule has 0 saturated carbocycles. The third-order valence-electron chi connectivity index (χ3n) is 2.48. The van der Waals surface area contributed by atoms with Gasteiger partial charge >= 0.3 is 5.97 Å². The third kappa shape index (κ3) is 3.29. The van der Waals surface area contributed by atoms with Crippen LogP contribution in [0.1, 0.15) is 26.4 Å². The zero-order valence-electron chi connectivity index (χ0n) is 10.3. The van der Waals surface area contributed by atoms with E-state index in [4.69, 9.17) is 5.11 Å². The summed E-state index contributed by atoms with van der Waals surface area (Å²) in [7, 11) is 0. The molecule has 3 N–H and O–H groups in total. The van der Waals surface area contributed by atoms with Crippen LogP contribution < -0.4 is 5.32 Å². The molecule has 0 atom stereocenters. The molecule has 0 aliphatic rings. The van der Waals surface area contributed by atoms with Crippen molar-refractivity contribution in [2.45, 2.75) is 6.54 Å². The van der Waals surface area contributed by atoms with E-state index >= 15 is 0 Å². The number of carboxylic acid groups (broad SMARTS) is 1. The van der Waals surface area contributed by atoms with Crippen LogP contribution in [0, 0.1) is 0 Å². The number of hydrogen-bond donors (Lipinski definition) is 3. The highest BCUT2D eigenvalue weighted by Gasteiger charge is 2.08. The maximum absolute atomic E-state index is 11.8. The van der Waals surface area contributed by atoms with E-state index in [1.165, 1.54) is 36.8 Å². The topological polar surface area (TPSA) is 112 Å². The highest BCUT2D eigenvalue weighted by molar-refractivity contribution is 5.94. The largest absolute Gasteiger partial charge is 0.506 e. The first kappa shape index (κ1) is 13.5. The first-order valence-electron chi connectivity index (χ1n) is 5.66. The minimum Gasteiger partial charge on any atom is -0.506 e. The van der Waals surface area contributed by atoms with Crippen molar-refractivity contribution in [1.29, 1.82) is 0 Å². The van der Waals surface area contributed by atoms with Crippen LogP contribution in [0.4, 0.5) is 0 Å². The van der Waals surface area contributed by atoms with Gasteiger partial charge in [-0.1, -0.05) is 0 Å². The molecule has 0 saturated heterocycles. The van der Waals surface area contributed by atoms with Crippen LogP contribution in [0.2, 0.25) is 0 Å². The van der Waals surface area contributed by atoms with Gasteiger partial charge in [0.1, 0.15) is 5.75 Å². The summed E-state index contributed by atoms with van der Waals surface area (Å²) in [5, 5.41) is 20.6. The quantitative estimate of drug-likeness (QED) is 0.759. The highest BCUT2D eigenvalue weighted by Crippen LogP contribution is 2.08. The Bertz CT molecular complexity index is 658. The van der Waals surface area contributed by atoms with E-state index in [0.717, 1.165) is 0 Å². The van der Waals surface area contributed by atoms with Gasteiger partial charge in [0, 0.05) is 12.4 Å². The van der Waals surface area contributed by atoms with Gasteiger partial charge in [0.15, 0.2) is 0 Å². The van der Waals surface area contributed by atoms with Gasteiger partial charge < -0.3 is 15.5 Å². The fourth-order valence-corrected chi connectivity index (χ4v) is 1.53. The van der Waals surface area contributed by atoms with Crippen molar-refractivity contribution in [2.24, 2.45) is 0 Å². The van der Waals surface area contributed by atoms with Gasteiger partial charge in [-0.3, -0.25) is 14.8 Å². The second-order valence-electron chi connectivity index (χ2n) is 3.96. The minimum absolute atomic E-state index is 0.0790. The average Bonchev–Trinajstić information content (AvgIpc) is 2.45. The molecule has 0 aliphatic heterocycles. The molecule has 0 aromatic carbocycles. The van der Waals surface area contributed by atoms with E-state index < -0.39 is 11.9 Å². The van der Waals surface area contributed by atoms with Gasteiger partial charge in [0.05, 0.1) is 29.6 Å². The molecule has 0 bridgehead atoms. The van der Waals surface area contributed by atoms with E-state index in [0.29, 0.717) is 5.69 Å². The summed E-state index contributed by atoms with van der Waals surface area (Å²) in [5.41, 5.74) is 0.731. The average molecular weight is 273 g/mol. The minimum atomic E-state index is -1.06. The molecule has 2 aromatic heterocycles. The predicted molar refractivity (Wildman–Crippen MR) is 68.3 cm³/mol. The smallest absolute Gasteiger partial charge is 0.335 e. The Morgan fingerprint density at radius 2 is 2.00 bits per heavy atom. The molecule has 0 unspecified atom stereocenters. The van der Waals surface area contributed by atoms with Crippen LogP contribution in [0.25, 0.3) is 0 Å². The summed E-state index contributed by atoms with van der Waals surface area (Å²) in [4.78, 5) is 30.2. The summed E-state index contributed by atoms with van der Waals surface area (Å²) < 4.78 is 0.